The minimum Gasteiger partial charge on any atom is -0.381 e. The fraction of sp³-hybridized carbons (Fsp3) is 0.342. The standard InChI is InChI=1S/C73H76O6/c1-3-71(49-78-50-71)47-76-41-21-7-19-39-74-45-53-33-36-55(37-34-53)68-60-29-15-17-31-62(60)69(63-32-18-16-30-61(63)68)65-44-67-70(59-28-14-13-27-58(59)65)64-38-35-54(46-75-40-20-8-22-42-77-48-72(4-2)51-79-52-72)43-66(64)73(67,56-23-9-5-10-24-56)57-25-11-6-12-26-57/h5-6,9-18,23-38,43-44H,3-4,7-8,19-22,39-42,45-52H2,1-2H3. The average molecular weight is 1050 g/mol. The average Bonchev–Trinajstić information content (AvgIpc) is 3.97. The number of hydrogen-bond donors (Lipinski definition) is 0. The molecule has 0 amide bonds. The predicted molar refractivity (Wildman–Crippen MR) is 323 cm³/mol. The van der Waals surface area contributed by atoms with E-state index in [0.717, 1.165) is 117 Å². The molecule has 9 aromatic rings. The summed E-state index contributed by atoms with van der Waals surface area (Å²) in [6, 6.07) is 68.5. The van der Waals surface area contributed by atoms with E-state index in [4.69, 9.17) is 28.4 Å². The van der Waals surface area contributed by atoms with Crippen molar-refractivity contribution in [2.45, 2.75) is 83.8 Å². The molecule has 9 aromatic carbocycles. The molecule has 2 aliphatic heterocycles. The highest BCUT2D eigenvalue weighted by Crippen LogP contribution is 2.60. The number of fused-ring (bicyclic) bond motifs is 7. The highest BCUT2D eigenvalue weighted by atomic mass is 16.5. The summed E-state index contributed by atoms with van der Waals surface area (Å²) in [4.78, 5) is 0. The van der Waals surface area contributed by atoms with E-state index in [0.29, 0.717) is 13.2 Å². The van der Waals surface area contributed by atoms with E-state index >= 15 is 0 Å². The summed E-state index contributed by atoms with van der Waals surface area (Å²) in [6.07, 6.45) is 8.56. The Balaban J connectivity index is 0.857. The molecule has 0 radical (unpaired) electrons. The van der Waals surface area contributed by atoms with Crippen LogP contribution in [0.25, 0.3) is 65.7 Å². The van der Waals surface area contributed by atoms with Crippen molar-refractivity contribution in [1.82, 2.24) is 0 Å². The van der Waals surface area contributed by atoms with Gasteiger partial charge in [-0.1, -0.05) is 190 Å². The zero-order valence-corrected chi connectivity index (χ0v) is 46.4. The second kappa shape index (κ2) is 24.1. The number of rotatable bonds is 26. The van der Waals surface area contributed by atoms with E-state index in [1.54, 1.807) is 0 Å². The first-order chi connectivity index (χ1) is 39.0. The second-order valence-electron chi connectivity index (χ2n) is 22.8. The van der Waals surface area contributed by atoms with Crippen LogP contribution in [0.4, 0.5) is 0 Å². The minimum atomic E-state index is -0.612. The molecule has 1 aliphatic carbocycles. The van der Waals surface area contributed by atoms with Gasteiger partial charge in [-0.3, -0.25) is 0 Å². The van der Waals surface area contributed by atoms with Gasteiger partial charge in [0, 0.05) is 37.3 Å². The minimum absolute atomic E-state index is 0.234. The molecule has 0 aromatic heterocycles. The van der Waals surface area contributed by atoms with Crippen molar-refractivity contribution in [3.8, 4) is 33.4 Å². The molecule has 2 saturated heterocycles. The Morgan fingerprint density at radius 1 is 0.367 bits per heavy atom. The van der Waals surface area contributed by atoms with Gasteiger partial charge in [0.15, 0.2) is 0 Å². The number of ether oxygens (including phenoxy) is 6. The Bertz CT molecular complexity index is 3400. The maximum absolute atomic E-state index is 6.50. The van der Waals surface area contributed by atoms with Gasteiger partial charge < -0.3 is 28.4 Å². The van der Waals surface area contributed by atoms with Crippen LogP contribution < -0.4 is 0 Å². The van der Waals surface area contributed by atoms with Gasteiger partial charge in [-0.2, -0.15) is 0 Å². The van der Waals surface area contributed by atoms with Gasteiger partial charge in [-0.15, -0.1) is 0 Å². The first-order valence-electron chi connectivity index (χ1n) is 29.4. The maximum atomic E-state index is 6.50. The van der Waals surface area contributed by atoms with E-state index in [1.807, 2.05) is 0 Å². The molecule has 6 nitrogen and oxygen atoms in total. The third-order valence-corrected chi connectivity index (χ3v) is 17.7. The monoisotopic (exact) mass is 1050 g/mol. The van der Waals surface area contributed by atoms with Crippen molar-refractivity contribution >= 4 is 32.3 Å². The van der Waals surface area contributed by atoms with Crippen LogP contribution in [0, 0.1) is 10.8 Å². The highest BCUT2D eigenvalue weighted by Gasteiger charge is 2.47. The van der Waals surface area contributed by atoms with Crippen LogP contribution in [0.1, 0.15) is 98.6 Å². The van der Waals surface area contributed by atoms with Crippen LogP contribution in [0.15, 0.2) is 182 Å². The molecule has 0 spiro atoms. The third-order valence-electron chi connectivity index (χ3n) is 17.7. The first-order valence-corrected chi connectivity index (χ1v) is 29.4. The van der Waals surface area contributed by atoms with Gasteiger partial charge in [0.2, 0.25) is 0 Å². The van der Waals surface area contributed by atoms with Gasteiger partial charge in [0.25, 0.3) is 0 Å². The molecule has 12 rings (SSSR count). The summed E-state index contributed by atoms with van der Waals surface area (Å²) in [5.41, 5.74) is 14.8. The zero-order chi connectivity index (χ0) is 53.5. The van der Waals surface area contributed by atoms with E-state index in [1.165, 1.54) is 99.1 Å². The van der Waals surface area contributed by atoms with Crippen molar-refractivity contribution in [1.29, 1.82) is 0 Å². The molecule has 0 saturated carbocycles. The fourth-order valence-electron chi connectivity index (χ4n) is 12.9. The van der Waals surface area contributed by atoms with Crippen molar-refractivity contribution in [2.75, 3.05) is 66.1 Å². The lowest BCUT2D eigenvalue weighted by molar-refractivity contribution is -0.150. The largest absolute Gasteiger partial charge is 0.381 e. The Morgan fingerprint density at radius 3 is 1.28 bits per heavy atom. The van der Waals surface area contributed by atoms with Crippen molar-refractivity contribution in [3.05, 3.63) is 215 Å². The molecule has 0 bridgehead atoms. The van der Waals surface area contributed by atoms with Crippen LogP contribution in [0.3, 0.4) is 0 Å². The van der Waals surface area contributed by atoms with Gasteiger partial charge >= 0.3 is 0 Å². The first kappa shape index (κ1) is 53.2. The van der Waals surface area contributed by atoms with Gasteiger partial charge in [0.05, 0.1) is 58.3 Å². The number of benzene rings is 9. The Kier molecular flexibility index (Phi) is 16.2. The molecule has 0 atom stereocenters. The van der Waals surface area contributed by atoms with Crippen LogP contribution in [-0.4, -0.2) is 66.1 Å². The second-order valence-corrected chi connectivity index (χ2v) is 22.8. The lowest BCUT2D eigenvalue weighted by Crippen LogP contribution is -2.45. The normalized spacial score (nSPS) is 15.7. The van der Waals surface area contributed by atoms with Gasteiger partial charge in [0.1, 0.15) is 0 Å². The van der Waals surface area contributed by atoms with E-state index < -0.39 is 5.41 Å². The quantitative estimate of drug-likeness (QED) is 0.0398. The topological polar surface area (TPSA) is 55.4 Å². The SMILES string of the molecule is CCC1(COCCCCCOCc2ccc(-c3c4ccccc4c(-c4cc5c(c6ccccc46)-c4ccc(COCCCCCOCC6(CC)COC6)cc4C5(c4ccccc4)c4ccccc4)c4ccccc34)cc2)COC1. The van der Waals surface area contributed by atoms with Crippen LogP contribution in [0.5, 0.6) is 0 Å². The Hall–Kier alpha value is -6.48. The number of unbranched alkanes of at least 4 members (excludes halogenated alkanes) is 4. The van der Waals surface area contributed by atoms with Crippen LogP contribution in [-0.2, 0) is 47.0 Å². The van der Waals surface area contributed by atoms with E-state index in [-0.39, 0.29) is 10.8 Å². The van der Waals surface area contributed by atoms with Crippen LogP contribution in [0.2, 0.25) is 0 Å². The molecule has 2 fully saturated rings. The number of hydrogen-bond acceptors (Lipinski definition) is 6. The van der Waals surface area contributed by atoms with Gasteiger partial charge in [-0.05, 0) is 157 Å². The summed E-state index contributed by atoms with van der Waals surface area (Å²) in [5.74, 6) is 0. The summed E-state index contributed by atoms with van der Waals surface area (Å²) >= 11 is 0. The molecule has 2 heterocycles. The summed E-state index contributed by atoms with van der Waals surface area (Å²) in [7, 11) is 0. The van der Waals surface area contributed by atoms with Crippen LogP contribution >= 0.6 is 0 Å². The molecule has 0 unspecified atom stereocenters. The van der Waals surface area contributed by atoms with Crippen molar-refractivity contribution in [2.24, 2.45) is 10.8 Å². The molecule has 0 N–H and O–H groups in total. The highest BCUT2D eigenvalue weighted by molar-refractivity contribution is 6.24. The molecule has 404 valence electrons. The molecular formula is C73H76O6. The summed E-state index contributed by atoms with van der Waals surface area (Å²) in [5, 5.41) is 7.46. The van der Waals surface area contributed by atoms with Crippen molar-refractivity contribution in [3.63, 3.8) is 0 Å². The molecular weight excluding hydrogens is 973 g/mol. The smallest absolute Gasteiger partial charge is 0.0716 e. The summed E-state index contributed by atoms with van der Waals surface area (Å²) < 4.78 is 35.8. The maximum Gasteiger partial charge on any atom is 0.0716 e. The Labute approximate surface area is 468 Å². The zero-order valence-electron chi connectivity index (χ0n) is 46.4. The van der Waals surface area contributed by atoms with Gasteiger partial charge in [-0.25, -0.2) is 0 Å². The Morgan fingerprint density at radius 2 is 0.797 bits per heavy atom. The molecule has 3 aliphatic rings. The fourth-order valence-corrected chi connectivity index (χ4v) is 12.9. The third kappa shape index (κ3) is 10.5. The lowest BCUT2D eigenvalue weighted by Gasteiger charge is -2.40. The van der Waals surface area contributed by atoms with E-state index in [9.17, 15) is 0 Å². The van der Waals surface area contributed by atoms with Crippen molar-refractivity contribution < 1.29 is 28.4 Å². The summed E-state index contributed by atoms with van der Waals surface area (Å²) in [6.45, 7) is 13.6. The lowest BCUT2D eigenvalue weighted by atomic mass is 9.67. The predicted octanol–water partition coefficient (Wildman–Crippen LogP) is 17.1. The molecule has 79 heavy (non-hydrogen) atoms. The van der Waals surface area contributed by atoms with E-state index in [2.05, 4.69) is 196 Å². The molecule has 6 heteroatoms.